The molecule has 4 rings (SSSR count). The molecule has 0 spiro atoms. The first kappa shape index (κ1) is 25.0. The minimum absolute atomic E-state index is 0.0970. The van der Waals surface area contributed by atoms with E-state index in [1.54, 1.807) is 43.3 Å². The van der Waals surface area contributed by atoms with Gasteiger partial charge in [-0.05, 0) is 74.4 Å². The topological polar surface area (TPSA) is 101 Å². The number of furan rings is 1. The fourth-order valence-corrected chi connectivity index (χ4v) is 5.51. The van der Waals surface area contributed by atoms with Crippen LogP contribution in [0.1, 0.15) is 39.0 Å². The first-order valence-corrected chi connectivity index (χ1v) is 13.1. The molecule has 0 radical (unpaired) electrons. The van der Waals surface area contributed by atoms with Gasteiger partial charge in [0.1, 0.15) is 11.5 Å². The van der Waals surface area contributed by atoms with Gasteiger partial charge in [-0.1, -0.05) is 12.1 Å². The molecule has 1 aromatic heterocycles. The van der Waals surface area contributed by atoms with Crippen LogP contribution in [0.2, 0.25) is 0 Å². The average Bonchev–Trinajstić information content (AvgIpc) is 3.27. The highest BCUT2D eigenvalue weighted by Gasteiger charge is 2.26. The predicted octanol–water partition coefficient (Wildman–Crippen LogP) is 3.81. The molecule has 8 nitrogen and oxygen atoms in total. The van der Waals surface area contributed by atoms with Crippen molar-refractivity contribution in [2.45, 2.75) is 31.7 Å². The highest BCUT2D eigenvalue weighted by atomic mass is 32.2. The summed E-state index contributed by atoms with van der Waals surface area (Å²) in [5.41, 5.74) is 2.36. The predicted molar refractivity (Wildman–Crippen MR) is 134 cm³/mol. The number of carbonyl (C=O) groups is 1. The van der Waals surface area contributed by atoms with E-state index in [0.717, 1.165) is 30.2 Å². The number of morpholine rings is 1. The third kappa shape index (κ3) is 6.11. The maximum atomic E-state index is 12.8. The zero-order chi connectivity index (χ0) is 25.0. The van der Waals surface area contributed by atoms with Gasteiger partial charge in [0.25, 0.3) is 15.9 Å². The molecule has 186 valence electrons. The Labute approximate surface area is 206 Å². The number of nitrogens with zero attached hydrogens (tertiary/aromatic N) is 1. The summed E-state index contributed by atoms with van der Waals surface area (Å²) < 4.78 is 39.6. The molecule has 35 heavy (non-hydrogen) atoms. The molecule has 2 N–H and O–H groups in total. The van der Waals surface area contributed by atoms with E-state index >= 15 is 0 Å². The van der Waals surface area contributed by atoms with Crippen molar-refractivity contribution in [3.63, 3.8) is 0 Å². The Morgan fingerprint density at radius 1 is 1.00 bits per heavy atom. The highest BCUT2D eigenvalue weighted by molar-refractivity contribution is 7.92. The van der Waals surface area contributed by atoms with Crippen molar-refractivity contribution in [2.75, 3.05) is 37.6 Å². The first-order chi connectivity index (χ1) is 16.7. The first-order valence-electron chi connectivity index (χ1n) is 11.6. The zero-order valence-electron chi connectivity index (χ0n) is 20.2. The molecule has 1 fully saturated rings. The molecule has 0 aliphatic carbocycles. The standard InChI is InChI=1S/C26H31N3O5S/c1-18-4-5-19(2)25(16-18)35(31,32)28-22-9-7-21(8-10-22)26(30)27-17-23(24-11-6-20(3)34-24)29-12-14-33-15-13-29/h4-11,16,23,28H,12-15,17H2,1-3H3,(H,27,30)/t23-/m1/s1. The van der Waals surface area contributed by atoms with Gasteiger partial charge in [-0.3, -0.25) is 14.4 Å². The van der Waals surface area contributed by atoms with Crippen LogP contribution >= 0.6 is 0 Å². The molecule has 2 heterocycles. The maximum Gasteiger partial charge on any atom is 0.262 e. The monoisotopic (exact) mass is 497 g/mol. The van der Waals surface area contributed by atoms with Crippen LogP contribution in [-0.2, 0) is 14.8 Å². The fourth-order valence-electron chi connectivity index (χ4n) is 4.12. The van der Waals surface area contributed by atoms with E-state index in [2.05, 4.69) is 14.9 Å². The molecule has 2 aromatic carbocycles. The number of nitrogens with one attached hydrogen (secondary N) is 2. The average molecular weight is 498 g/mol. The van der Waals surface area contributed by atoms with Crippen molar-refractivity contribution in [1.29, 1.82) is 0 Å². The van der Waals surface area contributed by atoms with Gasteiger partial charge < -0.3 is 14.5 Å². The molecule has 9 heteroatoms. The van der Waals surface area contributed by atoms with Crippen molar-refractivity contribution in [2.24, 2.45) is 0 Å². The number of benzene rings is 2. The van der Waals surface area contributed by atoms with Crippen molar-refractivity contribution < 1.29 is 22.4 Å². The van der Waals surface area contributed by atoms with Gasteiger partial charge in [-0.15, -0.1) is 0 Å². The molecule has 1 aliphatic rings. The maximum absolute atomic E-state index is 12.8. The van der Waals surface area contributed by atoms with E-state index in [9.17, 15) is 13.2 Å². The van der Waals surface area contributed by atoms with Crippen molar-refractivity contribution >= 4 is 21.6 Å². The van der Waals surface area contributed by atoms with E-state index in [-0.39, 0.29) is 16.8 Å². The molecule has 1 saturated heterocycles. The number of aryl methyl sites for hydroxylation is 3. The smallest absolute Gasteiger partial charge is 0.262 e. The van der Waals surface area contributed by atoms with Gasteiger partial charge in [0, 0.05) is 30.9 Å². The summed E-state index contributed by atoms with van der Waals surface area (Å²) >= 11 is 0. The van der Waals surface area contributed by atoms with Crippen LogP contribution in [0.5, 0.6) is 0 Å². The molecule has 1 amide bonds. The number of hydrogen-bond donors (Lipinski definition) is 2. The molecule has 0 saturated carbocycles. The van der Waals surface area contributed by atoms with Crippen molar-refractivity contribution in [3.8, 4) is 0 Å². The van der Waals surface area contributed by atoms with Crippen LogP contribution < -0.4 is 10.0 Å². The largest absolute Gasteiger partial charge is 0.465 e. The zero-order valence-corrected chi connectivity index (χ0v) is 21.0. The van der Waals surface area contributed by atoms with Gasteiger partial charge >= 0.3 is 0 Å². The van der Waals surface area contributed by atoms with Crippen LogP contribution in [-0.4, -0.2) is 52.1 Å². The van der Waals surface area contributed by atoms with Gasteiger partial charge in [0.15, 0.2) is 0 Å². The lowest BCUT2D eigenvalue weighted by atomic mass is 10.1. The second-order valence-electron chi connectivity index (χ2n) is 8.77. The molecular formula is C26H31N3O5S. The number of ether oxygens (including phenoxy) is 1. The molecular weight excluding hydrogens is 466 g/mol. The van der Waals surface area contributed by atoms with E-state index in [4.69, 9.17) is 9.15 Å². The van der Waals surface area contributed by atoms with Gasteiger partial charge in [0.05, 0.1) is 24.2 Å². The number of sulfonamides is 1. The fraction of sp³-hybridized carbons (Fsp3) is 0.346. The molecule has 1 aliphatic heterocycles. The van der Waals surface area contributed by atoms with Crippen LogP contribution in [0, 0.1) is 20.8 Å². The summed E-state index contributed by atoms with van der Waals surface area (Å²) in [6.07, 6.45) is 0. The molecule has 0 bridgehead atoms. The quantitative estimate of drug-likeness (QED) is 0.491. The Morgan fingerprint density at radius 2 is 1.71 bits per heavy atom. The Balaban J connectivity index is 1.42. The Bertz CT molecular complexity index is 1280. The van der Waals surface area contributed by atoms with E-state index in [0.29, 0.717) is 36.6 Å². The van der Waals surface area contributed by atoms with Crippen LogP contribution in [0.15, 0.2) is 63.9 Å². The molecule has 0 unspecified atom stereocenters. The number of rotatable bonds is 8. The minimum Gasteiger partial charge on any atom is -0.465 e. The van der Waals surface area contributed by atoms with Gasteiger partial charge in [0.2, 0.25) is 0 Å². The van der Waals surface area contributed by atoms with E-state index in [1.807, 2.05) is 32.0 Å². The van der Waals surface area contributed by atoms with E-state index < -0.39 is 10.0 Å². The van der Waals surface area contributed by atoms with Gasteiger partial charge in [-0.25, -0.2) is 8.42 Å². The Morgan fingerprint density at radius 3 is 2.37 bits per heavy atom. The summed E-state index contributed by atoms with van der Waals surface area (Å²) in [6.45, 7) is 8.69. The third-order valence-corrected chi connectivity index (χ3v) is 7.59. The highest BCUT2D eigenvalue weighted by Crippen LogP contribution is 2.24. The van der Waals surface area contributed by atoms with Crippen molar-refractivity contribution in [3.05, 3.63) is 82.8 Å². The lowest BCUT2D eigenvalue weighted by Gasteiger charge is -2.33. The summed E-state index contributed by atoms with van der Waals surface area (Å²) in [5, 5.41) is 2.99. The number of hydrogen-bond acceptors (Lipinski definition) is 6. The SMILES string of the molecule is Cc1ccc(C)c(S(=O)(=O)Nc2ccc(C(=O)NC[C@H](c3ccc(C)o3)N3CCOCC3)cc2)c1. The van der Waals surface area contributed by atoms with Crippen LogP contribution in [0.25, 0.3) is 0 Å². The lowest BCUT2D eigenvalue weighted by molar-refractivity contribution is 0.0117. The number of amides is 1. The van der Waals surface area contributed by atoms with Crippen molar-refractivity contribution in [1.82, 2.24) is 10.2 Å². The second-order valence-corrected chi connectivity index (χ2v) is 10.4. The summed E-state index contributed by atoms with van der Waals surface area (Å²) in [7, 11) is -3.74. The number of anilines is 1. The third-order valence-electron chi connectivity index (χ3n) is 6.06. The number of carbonyl (C=O) groups excluding carboxylic acids is 1. The minimum atomic E-state index is -3.74. The van der Waals surface area contributed by atoms with Gasteiger partial charge in [-0.2, -0.15) is 0 Å². The normalized spacial score (nSPS) is 15.5. The molecule has 3 aromatic rings. The summed E-state index contributed by atoms with van der Waals surface area (Å²) in [4.78, 5) is 15.3. The summed E-state index contributed by atoms with van der Waals surface area (Å²) in [6, 6.07) is 15.5. The molecule has 1 atom stereocenters. The second kappa shape index (κ2) is 10.6. The van der Waals surface area contributed by atoms with Crippen LogP contribution in [0.4, 0.5) is 5.69 Å². The van der Waals surface area contributed by atoms with E-state index in [1.165, 1.54) is 0 Å². The lowest BCUT2D eigenvalue weighted by Crippen LogP contribution is -2.43. The Kier molecular flexibility index (Phi) is 7.59. The summed E-state index contributed by atoms with van der Waals surface area (Å²) in [5.74, 6) is 1.39. The Hall–Kier alpha value is -3.14. The van der Waals surface area contributed by atoms with Crippen LogP contribution in [0.3, 0.4) is 0 Å².